The van der Waals surface area contributed by atoms with Crippen molar-refractivity contribution in [2.75, 3.05) is 0 Å². The Labute approximate surface area is 130 Å². The Morgan fingerprint density at radius 1 is 1.26 bits per heavy atom. The van der Waals surface area contributed by atoms with E-state index in [2.05, 4.69) is 85.6 Å². The molecule has 1 aromatic heterocycles. The molecule has 0 unspecified atom stereocenters. The summed E-state index contributed by atoms with van der Waals surface area (Å²) in [7, 11) is 0. The summed E-state index contributed by atoms with van der Waals surface area (Å²) >= 11 is 7.05. The molecule has 0 saturated carbocycles. The highest BCUT2D eigenvalue weighted by molar-refractivity contribution is 9.10. The molecule has 2 rings (SSSR count). The van der Waals surface area contributed by atoms with E-state index in [1.807, 2.05) is 0 Å². The standard InChI is InChI=1S/C14H17Br2N3/c1-9(2)8-19-13(7-15)17-18-14(19)11-5-4-10(3)12(16)6-11/h4-6,9H,7-8H2,1-3H3. The van der Waals surface area contributed by atoms with Crippen molar-refractivity contribution in [3.8, 4) is 11.4 Å². The van der Waals surface area contributed by atoms with Crippen LogP contribution < -0.4 is 0 Å². The fraction of sp³-hybridized carbons (Fsp3) is 0.429. The molecule has 0 radical (unpaired) electrons. The summed E-state index contributed by atoms with van der Waals surface area (Å²) in [4.78, 5) is 0. The van der Waals surface area contributed by atoms with Gasteiger partial charge in [0.15, 0.2) is 5.82 Å². The molecule has 5 heteroatoms. The van der Waals surface area contributed by atoms with E-state index in [1.165, 1.54) is 5.56 Å². The van der Waals surface area contributed by atoms with E-state index in [-0.39, 0.29) is 0 Å². The van der Waals surface area contributed by atoms with Gasteiger partial charge in [-0.15, -0.1) is 10.2 Å². The Balaban J connectivity index is 2.48. The lowest BCUT2D eigenvalue weighted by molar-refractivity contribution is 0.516. The van der Waals surface area contributed by atoms with Gasteiger partial charge in [0.2, 0.25) is 0 Å². The molecule has 2 aromatic rings. The highest BCUT2D eigenvalue weighted by Gasteiger charge is 2.14. The van der Waals surface area contributed by atoms with Crippen molar-refractivity contribution in [2.24, 2.45) is 5.92 Å². The van der Waals surface area contributed by atoms with Gasteiger partial charge in [0, 0.05) is 16.6 Å². The monoisotopic (exact) mass is 385 g/mol. The molecule has 0 saturated heterocycles. The Kier molecular flexibility index (Phi) is 4.79. The van der Waals surface area contributed by atoms with Gasteiger partial charge in [0.05, 0.1) is 5.33 Å². The van der Waals surface area contributed by atoms with Crippen molar-refractivity contribution in [3.63, 3.8) is 0 Å². The summed E-state index contributed by atoms with van der Waals surface area (Å²) in [6.07, 6.45) is 0. The SMILES string of the molecule is Cc1ccc(-c2nnc(CBr)n2CC(C)C)cc1Br. The lowest BCUT2D eigenvalue weighted by Gasteiger charge is -2.12. The van der Waals surface area contributed by atoms with Gasteiger partial charge in [-0.3, -0.25) is 0 Å². The van der Waals surface area contributed by atoms with Crippen LogP contribution in [0.4, 0.5) is 0 Å². The second-order valence-electron chi connectivity index (χ2n) is 5.04. The molecule has 0 bridgehead atoms. The molecule has 1 heterocycles. The first-order chi connectivity index (χ1) is 9.02. The van der Waals surface area contributed by atoms with Crippen molar-refractivity contribution >= 4 is 31.9 Å². The molecule has 0 amide bonds. The van der Waals surface area contributed by atoms with Gasteiger partial charge < -0.3 is 4.57 Å². The van der Waals surface area contributed by atoms with Crippen LogP contribution in [0, 0.1) is 12.8 Å². The van der Waals surface area contributed by atoms with Gasteiger partial charge in [0.25, 0.3) is 0 Å². The number of benzene rings is 1. The molecule has 0 fully saturated rings. The van der Waals surface area contributed by atoms with E-state index in [0.717, 1.165) is 33.6 Å². The van der Waals surface area contributed by atoms with E-state index >= 15 is 0 Å². The Hall–Kier alpha value is -0.680. The van der Waals surface area contributed by atoms with Crippen molar-refractivity contribution in [1.29, 1.82) is 0 Å². The fourth-order valence-electron chi connectivity index (χ4n) is 1.94. The van der Waals surface area contributed by atoms with Gasteiger partial charge in [-0.05, 0) is 24.5 Å². The highest BCUT2D eigenvalue weighted by atomic mass is 79.9. The summed E-state index contributed by atoms with van der Waals surface area (Å²) in [5.74, 6) is 2.46. The second-order valence-corrected chi connectivity index (χ2v) is 6.46. The van der Waals surface area contributed by atoms with Gasteiger partial charge in [-0.1, -0.05) is 57.8 Å². The van der Waals surface area contributed by atoms with E-state index in [4.69, 9.17) is 0 Å². The van der Waals surface area contributed by atoms with E-state index in [1.54, 1.807) is 0 Å². The minimum Gasteiger partial charge on any atom is -0.310 e. The largest absolute Gasteiger partial charge is 0.310 e. The highest BCUT2D eigenvalue weighted by Crippen LogP contribution is 2.26. The minimum absolute atomic E-state index is 0.557. The van der Waals surface area contributed by atoms with E-state index in [9.17, 15) is 0 Å². The number of hydrogen-bond donors (Lipinski definition) is 0. The normalized spacial score (nSPS) is 11.3. The number of aromatic nitrogens is 3. The summed E-state index contributed by atoms with van der Waals surface area (Å²) in [5.41, 5.74) is 2.32. The molecule has 3 nitrogen and oxygen atoms in total. The van der Waals surface area contributed by atoms with Gasteiger partial charge >= 0.3 is 0 Å². The number of alkyl halides is 1. The summed E-state index contributed by atoms with van der Waals surface area (Å²) in [6, 6.07) is 6.30. The second kappa shape index (κ2) is 6.18. The Morgan fingerprint density at radius 3 is 2.58 bits per heavy atom. The van der Waals surface area contributed by atoms with Crippen LogP contribution in [-0.4, -0.2) is 14.8 Å². The fourth-order valence-corrected chi connectivity index (χ4v) is 2.73. The molecule has 0 aliphatic carbocycles. The summed E-state index contributed by atoms with van der Waals surface area (Å²) in [5, 5.41) is 9.33. The summed E-state index contributed by atoms with van der Waals surface area (Å²) < 4.78 is 3.29. The minimum atomic E-state index is 0.557. The zero-order valence-electron chi connectivity index (χ0n) is 11.3. The van der Waals surface area contributed by atoms with E-state index in [0.29, 0.717) is 5.92 Å². The molecule has 0 N–H and O–H groups in total. The maximum Gasteiger partial charge on any atom is 0.164 e. The molecular weight excluding hydrogens is 370 g/mol. The molecule has 1 aromatic carbocycles. The third-order valence-electron chi connectivity index (χ3n) is 2.92. The van der Waals surface area contributed by atoms with Gasteiger partial charge in [-0.2, -0.15) is 0 Å². The third kappa shape index (κ3) is 3.26. The zero-order valence-corrected chi connectivity index (χ0v) is 14.5. The van der Waals surface area contributed by atoms with Crippen LogP contribution in [0.1, 0.15) is 25.2 Å². The van der Waals surface area contributed by atoms with Crippen molar-refractivity contribution in [1.82, 2.24) is 14.8 Å². The van der Waals surface area contributed by atoms with Crippen LogP contribution in [0.2, 0.25) is 0 Å². The summed E-state index contributed by atoms with van der Waals surface area (Å²) in [6.45, 7) is 7.41. The van der Waals surface area contributed by atoms with Crippen LogP contribution in [-0.2, 0) is 11.9 Å². The zero-order chi connectivity index (χ0) is 14.0. The smallest absolute Gasteiger partial charge is 0.164 e. The van der Waals surface area contributed by atoms with Crippen LogP contribution in [0.5, 0.6) is 0 Å². The number of rotatable bonds is 4. The van der Waals surface area contributed by atoms with Crippen LogP contribution in [0.15, 0.2) is 22.7 Å². The average Bonchev–Trinajstić information content (AvgIpc) is 2.75. The van der Waals surface area contributed by atoms with Crippen LogP contribution in [0.25, 0.3) is 11.4 Å². The third-order valence-corrected chi connectivity index (χ3v) is 4.28. The number of hydrogen-bond acceptors (Lipinski definition) is 2. The predicted molar refractivity (Wildman–Crippen MR) is 85.4 cm³/mol. The van der Waals surface area contributed by atoms with Gasteiger partial charge in [0.1, 0.15) is 5.82 Å². The quantitative estimate of drug-likeness (QED) is 0.720. The van der Waals surface area contributed by atoms with Crippen molar-refractivity contribution in [3.05, 3.63) is 34.1 Å². The first kappa shape index (κ1) is 14.7. The lowest BCUT2D eigenvalue weighted by Crippen LogP contribution is -2.09. The molecule has 0 spiro atoms. The first-order valence-electron chi connectivity index (χ1n) is 6.27. The van der Waals surface area contributed by atoms with E-state index < -0.39 is 0 Å². The van der Waals surface area contributed by atoms with Crippen molar-refractivity contribution < 1.29 is 0 Å². The lowest BCUT2D eigenvalue weighted by atomic mass is 10.1. The van der Waals surface area contributed by atoms with Crippen LogP contribution >= 0.6 is 31.9 Å². The molecule has 0 aliphatic heterocycles. The predicted octanol–water partition coefficient (Wildman–Crippen LogP) is 4.57. The molecule has 102 valence electrons. The Morgan fingerprint density at radius 2 is 2.00 bits per heavy atom. The molecular formula is C14H17Br2N3. The molecule has 0 atom stereocenters. The molecule has 19 heavy (non-hydrogen) atoms. The van der Waals surface area contributed by atoms with Crippen LogP contribution in [0.3, 0.4) is 0 Å². The average molecular weight is 387 g/mol. The number of halogens is 2. The maximum atomic E-state index is 4.34. The maximum absolute atomic E-state index is 4.34. The first-order valence-corrected chi connectivity index (χ1v) is 8.19. The number of aryl methyl sites for hydroxylation is 1. The van der Waals surface area contributed by atoms with Crippen molar-refractivity contribution in [2.45, 2.75) is 32.6 Å². The Bertz CT molecular complexity index is 576. The van der Waals surface area contributed by atoms with Gasteiger partial charge in [-0.25, -0.2) is 0 Å². The number of nitrogens with zero attached hydrogens (tertiary/aromatic N) is 3. The topological polar surface area (TPSA) is 30.7 Å². The molecule has 0 aliphatic rings.